The van der Waals surface area contributed by atoms with E-state index in [0.29, 0.717) is 6.61 Å². The van der Waals surface area contributed by atoms with Gasteiger partial charge in [0, 0.05) is 0 Å². The molecule has 3 rings (SSSR count). The summed E-state index contributed by atoms with van der Waals surface area (Å²) in [6.45, 7) is 20.5. The number of rotatable bonds is 6. The second-order valence-corrected chi connectivity index (χ2v) is 26.7. The molecule has 0 aliphatic carbocycles. The molecule has 3 heterocycles. The van der Waals surface area contributed by atoms with Crippen LogP contribution in [0.15, 0.2) is 0 Å². The average Bonchev–Trinajstić information content (AvgIpc) is 3.18. The summed E-state index contributed by atoms with van der Waals surface area (Å²) < 4.78 is 26.9. The van der Waals surface area contributed by atoms with Crippen molar-refractivity contribution in [2.75, 3.05) is 19.8 Å². The molecule has 8 nitrogen and oxygen atoms in total. The lowest BCUT2D eigenvalue weighted by atomic mass is 9.96. The molecule has 35 heavy (non-hydrogen) atoms. The quantitative estimate of drug-likeness (QED) is 0.441. The van der Waals surface area contributed by atoms with Gasteiger partial charge >= 0.3 is 0 Å². The Kier molecular flexibility index (Phi) is 8.88. The zero-order chi connectivity index (χ0) is 26.0. The van der Waals surface area contributed by atoms with E-state index in [2.05, 4.69) is 92.2 Å². The predicted molar refractivity (Wildman–Crippen MR) is 144 cm³/mol. The van der Waals surface area contributed by atoms with Crippen LogP contribution < -0.4 is 5.32 Å². The second kappa shape index (κ2) is 11.0. The molecule has 0 spiro atoms. The van der Waals surface area contributed by atoms with E-state index in [-0.39, 0.29) is 19.8 Å². The molecule has 0 radical (unpaired) electrons. The van der Waals surface area contributed by atoms with Crippen LogP contribution >= 0.6 is 0 Å². The first kappa shape index (κ1) is 28.3. The van der Waals surface area contributed by atoms with Crippen LogP contribution in [0.5, 0.6) is 0 Å². The fraction of sp³-hybridized carbons (Fsp3) is 0.750. The second-order valence-electron chi connectivity index (χ2n) is 12.3. The standard InChI is InChI=1S/C24H41N3O5Si3/c1-33(2,3)14-10-12-29-20-19(16-28)32-24-22(21(20)30-13-11-15-34(4,5)6)31-17-18-23(35(7,8)9)25-26-27(18)24/h19-22,24,28H,12-13,16-17H2,1-9H3/t19-,20-,21+,22-,24+/m1/s1. The van der Waals surface area contributed by atoms with Gasteiger partial charge in [-0.1, -0.05) is 76.0 Å². The Hall–Kier alpha value is -1.29. The molecule has 11 heteroatoms. The van der Waals surface area contributed by atoms with Gasteiger partial charge in [-0.2, -0.15) is 0 Å². The number of nitrogens with zero attached hydrogens (tertiary/aromatic N) is 3. The van der Waals surface area contributed by atoms with Gasteiger partial charge in [-0.3, -0.25) is 0 Å². The molecule has 1 aromatic rings. The van der Waals surface area contributed by atoms with Gasteiger partial charge in [-0.15, -0.1) is 16.2 Å². The summed E-state index contributed by atoms with van der Waals surface area (Å²) in [5.41, 5.74) is 7.60. The van der Waals surface area contributed by atoms with E-state index in [1.807, 2.05) is 4.68 Å². The average molecular weight is 536 g/mol. The lowest BCUT2D eigenvalue weighted by molar-refractivity contribution is -0.291. The van der Waals surface area contributed by atoms with Crippen molar-refractivity contribution in [3.8, 4) is 22.9 Å². The molecular formula is C24H41N3O5Si3. The molecule has 5 atom stereocenters. The largest absolute Gasteiger partial charge is 0.394 e. The SMILES string of the molecule is C[Si](C)(C)C#CCO[C@@H]1[C@H]2OCc3c([Si](C)(C)C)nnn3[C@H]2O[C@H](CO)[C@H]1OCC#C[Si](C)(C)C. The number of aliphatic hydroxyl groups excluding tert-OH is 1. The zero-order valence-electron chi connectivity index (χ0n) is 22.6. The van der Waals surface area contributed by atoms with Crippen LogP contribution in [0.2, 0.25) is 58.9 Å². The maximum atomic E-state index is 10.2. The fourth-order valence-electron chi connectivity index (χ4n) is 4.10. The summed E-state index contributed by atoms with van der Waals surface area (Å²) in [7, 11) is -4.76. The van der Waals surface area contributed by atoms with E-state index >= 15 is 0 Å². The van der Waals surface area contributed by atoms with Gasteiger partial charge in [-0.05, 0) is 0 Å². The maximum Gasteiger partial charge on any atom is 0.181 e. The van der Waals surface area contributed by atoms with Gasteiger partial charge < -0.3 is 24.1 Å². The summed E-state index contributed by atoms with van der Waals surface area (Å²) in [6, 6.07) is 0. The Labute approximate surface area is 213 Å². The van der Waals surface area contributed by atoms with Gasteiger partial charge in [0.15, 0.2) is 6.23 Å². The normalized spacial score (nSPS) is 26.6. The Morgan fingerprint density at radius 3 is 2.03 bits per heavy atom. The van der Waals surface area contributed by atoms with Crippen LogP contribution in [0.1, 0.15) is 11.9 Å². The molecule has 1 aromatic heterocycles. The number of hydrogen-bond acceptors (Lipinski definition) is 7. The van der Waals surface area contributed by atoms with Gasteiger partial charge in [0.05, 0.1) is 24.2 Å². The van der Waals surface area contributed by atoms with E-state index < -0.39 is 54.9 Å². The number of hydrogen-bond donors (Lipinski definition) is 1. The van der Waals surface area contributed by atoms with Crippen LogP contribution in [-0.2, 0) is 25.6 Å². The third-order valence-corrected chi connectivity index (χ3v) is 9.23. The molecule has 0 amide bonds. The molecule has 0 saturated carbocycles. The van der Waals surface area contributed by atoms with Gasteiger partial charge in [0.25, 0.3) is 0 Å². The summed E-state index contributed by atoms with van der Waals surface area (Å²) in [6.07, 6.45) is -2.69. The fourth-order valence-corrected chi connectivity index (χ4v) is 6.70. The zero-order valence-corrected chi connectivity index (χ0v) is 25.6. The summed E-state index contributed by atoms with van der Waals surface area (Å²) in [4.78, 5) is 0. The number of aromatic nitrogens is 3. The first-order chi connectivity index (χ1) is 16.2. The topological polar surface area (TPSA) is 87.9 Å². The highest BCUT2D eigenvalue weighted by Crippen LogP contribution is 2.37. The van der Waals surface area contributed by atoms with Crippen LogP contribution in [0.3, 0.4) is 0 Å². The first-order valence-corrected chi connectivity index (χ1v) is 22.8. The Morgan fingerprint density at radius 2 is 1.51 bits per heavy atom. The molecule has 0 unspecified atom stereocenters. The smallest absolute Gasteiger partial charge is 0.181 e. The number of fused-ring (bicyclic) bond motifs is 3. The monoisotopic (exact) mass is 535 g/mol. The van der Waals surface area contributed by atoms with Crippen LogP contribution in [0, 0.1) is 22.9 Å². The highest BCUT2D eigenvalue weighted by Gasteiger charge is 2.52. The molecule has 1 N–H and O–H groups in total. The Morgan fingerprint density at radius 1 is 0.943 bits per heavy atom. The molecule has 0 bridgehead atoms. The van der Waals surface area contributed by atoms with Crippen molar-refractivity contribution in [1.82, 2.24) is 15.0 Å². The van der Waals surface area contributed by atoms with Crippen molar-refractivity contribution < 1.29 is 24.1 Å². The number of aliphatic hydroxyl groups is 1. The molecule has 194 valence electrons. The molecule has 0 aromatic carbocycles. The third kappa shape index (κ3) is 7.37. The lowest BCUT2D eigenvalue weighted by Gasteiger charge is -2.47. The molecule has 1 saturated heterocycles. The lowest BCUT2D eigenvalue weighted by Crippen LogP contribution is -2.61. The van der Waals surface area contributed by atoms with Gasteiger partial charge in [-0.25, -0.2) is 4.68 Å². The van der Waals surface area contributed by atoms with Crippen LogP contribution in [-0.4, -0.2) is 88.6 Å². The van der Waals surface area contributed by atoms with Crippen molar-refractivity contribution in [3.63, 3.8) is 0 Å². The summed E-state index contributed by atoms with van der Waals surface area (Å²) >= 11 is 0. The summed E-state index contributed by atoms with van der Waals surface area (Å²) in [5.74, 6) is 6.32. The van der Waals surface area contributed by atoms with Crippen LogP contribution in [0.4, 0.5) is 0 Å². The molecule has 2 aliphatic heterocycles. The van der Waals surface area contributed by atoms with Gasteiger partial charge in [0.1, 0.15) is 61.9 Å². The minimum absolute atomic E-state index is 0.222. The number of ether oxygens (including phenoxy) is 4. The minimum atomic E-state index is -1.72. The van der Waals surface area contributed by atoms with E-state index in [1.54, 1.807) is 0 Å². The summed E-state index contributed by atoms with van der Waals surface area (Å²) in [5, 5.41) is 20.2. The van der Waals surface area contributed by atoms with E-state index in [9.17, 15) is 5.11 Å². The highest BCUT2D eigenvalue weighted by molar-refractivity contribution is 6.88. The van der Waals surface area contributed by atoms with Crippen LogP contribution in [0.25, 0.3) is 0 Å². The van der Waals surface area contributed by atoms with Crippen molar-refractivity contribution in [1.29, 1.82) is 0 Å². The molecule has 1 fully saturated rings. The van der Waals surface area contributed by atoms with Crippen molar-refractivity contribution in [3.05, 3.63) is 5.69 Å². The first-order valence-electron chi connectivity index (χ1n) is 12.3. The van der Waals surface area contributed by atoms with Crippen molar-refractivity contribution in [2.45, 2.75) is 96.2 Å². The van der Waals surface area contributed by atoms with E-state index in [0.717, 1.165) is 11.0 Å². The Balaban J connectivity index is 1.89. The molecular weight excluding hydrogens is 495 g/mol. The Bertz CT molecular complexity index is 1000. The van der Waals surface area contributed by atoms with E-state index in [1.165, 1.54) is 0 Å². The van der Waals surface area contributed by atoms with Crippen molar-refractivity contribution in [2.24, 2.45) is 0 Å². The van der Waals surface area contributed by atoms with E-state index in [4.69, 9.17) is 18.9 Å². The predicted octanol–water partition coefficient (Wildman–Crippen LogP) is 2.14. The highest BCUT2D eigenvalue weighted by atomic mass is 28.3. The van der Waals surface area contributed by atoms with Gasteiger partial charge in [0.2, 0.25) is 0 Å². The third-order valence-electron chi connectivity index (χ3n) is 5.57. The maximum absolute atomic E-state index is 10.2. The minimum Gasteiger partial charge on any atom is -0.394 e. The van der Waals surface area contributed by atoms with Crippen molar-refractivity contribution >= 4 is 29.5 Å². The molecule has 2 aliphatic rings.